The monoisotopic (exact) mass is 1160 g/mol. The maximum absolute atomic E-state index is 12.9. The minimum atomic E-state index is -4.37. The SMILES string of the molecule is FC(F)(F)c1ccc2ccsc2c1.NC1C2CCN(CC2)C12CC2.O=C(CC1C2CCN(CC2)C12CC2)c1cc2ccc(C(F)(F)F)cc2s1.O=C(Cl)c1cc2ccc(C(F)(F)F)cc2s1.O=C=O.O=S(Cl)Cl. The van der Waals surface area contributed by atoms with E-state index >= 15 is 0 Å². The summed E-state index contributed by atoms with van der Waals surface area (Å²) >= 11 is 8.73. The first-order valence-electron chi connectivity index (χ1n) is 22.8. The minimum absolute atomic E-state index is 0.102. The van der Waals surface area contributed by atoms with E-state index in [4.69, 9.17) is 31.1 Å². The Labute approximate surface area is 441 Å². The lowest BCUT2D eigenvalue weighted by Crippen LogP contribution is -2.63. The Hall–Kier alpha value is -3.47. The molecule has 2 aliphatic carbocycles. The molecule has 8 aliphatic rings. The number of benzene rings is 3. The summed E-state index contributed by atoms with van der Waals surface area (Å²) in [5.41, 5.74) is 5.03. The summed E-state index contributed by atoms with van der Waals surface area (Å²) in [5, 5.41) is 3.29. The highest BCUT2D eigenvalue weighted by atomic mass is 36.0. The van der Waals surface area contributed by atoms with Crippen molar-refractivity contribution in [3.63, 3.8) is 0 Å². The number of carbonyl (C=O) groups excluding carboxylic acids is 4. The zero-order valence-corrected chi connectivity index (χ0v) is 43.7. The topological polar surface area (TPSA) is 118 Å². The molecule has 6 aromatic rings. The van der Waals surface area contributed by atoms with Gasteiger partial charge in [-0.2, -0.15) is 49.1 Å². The lowest BCUT2D eigenvalue weighted by atomic mass is 9.70. The van der Waals surface area contributed by atoms with Crippen molar-refractivity contribution < 1.29 is 62.9 Å². The number of halogens is 12. The summed E-state index contributed by atoms with van der Waals surface area (Å²) in [6, 6.07) is 16.4. The summed E-state index contributed by atoms with van der Waals surface area (Å²) in [6.45, 7) is 4.99. The lowest BCUT2D eigenvalue weighted by molar-refractivity contribution is -0.191. The molecule has 2 unspecified atom stereocenters. The summed E-state index contributed by atoms with van der Waals surface area (Å²) in [7, 11) is 7.36. The second-order valence-corrected chi connectivity index (χ2v) is 24.5. The number of thiophene rings is 3. The summed E-state index contributed by atoms with van der Waals surface area (Å²) < 4.78 is 123. The molecule has 6 saturated heterocycles. The normalized spacial score (nSPS) is 23.6. The smallest absolute Gasteiger partial charge is 0.326 e. The van der Waals surface area contributed by atoms with E-state index in [1.807, 2.05) is 0 Å². The van der Waals surface area contributed by atoms with Gasteiger partial charge in [-0.3, -0.25) is 19.4 Å². The Morgan fingerprint density at radius 3 is 1.44 bits per heavy atom. The predicted octanol–water partition coefficient (Wildman–Crippen LogP) is 14.6. The van der Waals surface area contributed by atoms with Crippen LogP contribution in [-0.2, 0) is 37.3 Å². The number of ketones is 1. The van der Waals surface area contributed by atoms with Crippen LogP contribution in [0.4, 0.5) is 39.5 Å². The van der Waals surface area contributed by atoms with Crippen molar-refractivity contribution in [1.29, 1.82) is 0 Å². The highest BCUT2D eigenvalue weighted by molar-refractivity contribution is 8.26. The van der Waals surface area contributed by atoms with Gasteiger partial charge in [-0.25, -0.2) is 4.21 Å². The molecule has 14 rings (SSSR count). The third kappa shape index (κ3) is 13.6. The van der Waals surface area contributed by atoms with Crippen LogP contribution in [0.3, 0.4) is 0 Å². The molecular formula is C49H45Cl3F9N3O5S4. The second-order valence-electron chi connectivity index (χ2n) is 18.6. The van der Waals surface area contributed by atoms with Crippen LogP contribution in [-0.4, -0.2) is 74.5 Å². The predicted molar refractivity (Wildman–Crippen MR) is 268 cm³/mol. The van der Waals surface area contributed by atoms with Crippen molar-refractivity contribution in [2.45, 2.75) is 93.4 Å². The summed E-state index contributed by atoms with van der Waals surface area (Å²) in [4.78, 5) is 46.1. The number of Topliss-reactive ketones (excluding diaryl/α,β-unsaturated/α-hetero) is 1. The Morgan fingerprint density at radius 1 is 0.630 bits per heavy atom. The van der Waals surface area contributed by atoms with E-state index in [0.29, 0.717) is 54.2 Å². The highest BCUT2D eigenvalue weighted by Crippen LogP contribution is 2.59. The molecule has 2 spiro atoms. The van der Waals surface area contributed by atoms with Crippen molar-refractivity contribution in [3.8, 4) is 0 Å². The molecule has 2 saturated carbocycles. The van der Waals surface area contributed by atoms with Gasteiger partial charge in [0.05, 0.1) is 26.4 Å². The van der Waals surface area contributed by atoms with Crippen LogP contribution in [0.25, 0.3) is 30.3 Å². The molecule has 73 heavy (non-hydrogen) atoms. The highest BCUT2D eigenvalue weighted by Gasteiger charge is 2.61. The molecule has 0 amide bonds. The molecule has 0 radical (unpaired) electrons. The van der Waals surface area contributed by atoms with Crippen molar-refractivity contribution in [2.24, 2.45) is 23.5 Å². The fraction of sp³-hybridized carbons (Fsp3) is 0.449. The van der Waals surface area contributed by atoms with Gasteiger partial charge in [-0.15, -0.1) is 34.0 Å². The number of fused-ring (bicyclic) bond motifs is 7. The zero-order chi connectivity index (χ0) is 53.3. The van der Waals surface area contributed by atoms with Crippen LogP contribution in [0.5, 0.6) is 0 Å². The Bertz CT molecular complexity index is 2980. The average molecular weight is 1160 g/mol. The maximum atomic E-state index is 12.9. The summed E-state index contributed by atoms with van der Waals surface area (Å²) in [5.74, 6) is 2.03. The number of hydrogen-bond donors (Lipinski definition) is 1. The third-order valence-electron chi connectivity index (χ3n) is 14.6. The molecule has 8 nitrogen and oxygen atoms in total. The van der Waals surface area contributed by atoms with E-state index in [0.717, 1.165) is 58.4 Å². The van der Waals surface area contributed by atoms with E-state index in [1.54, 1.807) is 17.5 Å². The van der Waals surface area contributed by atoms with Gasteiger partial charge in [0, 0.05) is 59.0 Å². The number of nitrogens with two attached hydrogens (primary N) is 1. The molecule has 8 fully saturated rings. The molecule has 2 atom stereocenters. The molecule has 4 bridgehead atoms. The van der Waals surface area contributed by atoms with Crippen molar-refractivity contribution >= 4 is 124 Å². The molecule has 24 heteroatoms. The van der Waals surface area contributed by atoms with E-state index in [9.17, 15) is 49.1 Å². The molecule has 3 aromatic carbocycles. The first-order valence-corrected chi connectivity index (χ1v) is 28.5. The number of carbonyl (C=O) groups is 2. The van der Waals surface area contributed by atoms with E-state index < -0.39 is 49.7 Å². The van der Waals surface area contributed by atoms with Gasteiger partial charge in [-0.1, -0.05) is 18.2 Å². The number of piperidine rings is 6. The van der Waals surface area contributed by atoms with E-state index in [1.165, 1.54) is 131 Å². The molecule has 2 N–H and O–H groups in total. The van der Waals surface area contributed by atoms with Crippen LogP contribution in [0.2, 0.25) is 0 Å². The maximum Gasteiger partial charge on any atom is 0.416 e. The standard InChI is InChI=1S/C20H20F3NOS.C10H4ClF3OS.C9H5F3S.C9H16N2.CO2.Cl2OS/c21-20(22,23)14-2-1-13-9-18(26-17(13)10-14)16(25)11-15-12-3-7-24(8-4-12)19(15)5-6-19;11-9(15)8-3-5-1-2-6(10(12,13)14)4-7(5)16-8;10-9(11,12)7-2-1-6-3-4-13-8(6)5-7;10-8-7-1-5-11(6-2-7)9(8)3-4-9;2-1-3;1-4(2)3/h1-2,9-10,12,15H,3-8,11H2;1-4H;1-5H;7-8H,1-6,10H2;;. The van der Waals surface area contributed by atoms with E-state index in [2.05, 4.69) is 31.2 Å². The molecule has 6 aliphatic heterocycles. The fourth-order valence-corrected chi connectivity index (χ4v) is 13.8. The third-order valence-corrected chi connectivity index (χ3v) is 18.0. The lowest BCUT2D eigenvalue weighted by Gasteiger charge is -2.52. The van der Waals surface area contributed by atoms with Crippen LogP contribution in [0.1, 0.15) is 93.8 Å². The Morgan fingerprint density at radius 2 is 1.03 bits per heavy atom. The Balaban J connectivity index is 0.000000143. The quantitative estimate of drug-likeness (QED) is 0.105. The average Bonchev–Trinajstić information content (AvgIpc) is 4.10. The van der Waals surface area contributed by atoms with Crippen LogP contribution in [0.15, 0.2) is 78.2 Å². The minimum Gasteiger partial charge on any atom is -0.326 e. The van der Waals surface area contributed by atoms with Crippen molar-refractivity contribution in [3.05, 3.63) is 105 Å². The first-order chi connectivity index (χ1) is 34.3. The van der Waals surface area contributed by atoms with Gasteiger partial charge >= 0.3 is 24.7 Å². The molecule has 9 heterocycles. The first kappa shape index (κ1) is 57.2. The van der Waals surface area contributed by atoms with Crippen LogP contribution in [0, 0.1) is 17.8 Å². The van der Waals surface area contributed by atoms with Crippen molar-refractivity contribution in [2.75, 3.05) is 26.2 Å². The summed E-state index contributed by atoms with van der Waals surface area (Å²) in [6.07, 6.45) is -1.92. The largest absolute Gasteiger partial charge is 0.416 e. The van der Waals surface area contributed by atoms with E-state index in [-0.39, 0.29) is 22.4 Å². The Kier molecular flexibility index (Phi) is 18.0. The van der Waals surface area contributed by atoms with Gasteiger partial charge in [0.25, 0.3) is 5.24 Å². The molecule has 3 aromatic heterocycles. The number of hydrogen-bond acceptors (Lipinski definition) is 11. The molecule has 394 valence electrons. The number of rotatable bonds is 4. The zero-order valence-electron chi connectivity index (χ0n) is 38.2. The van der Waals surface area contributed by atoms with Gasteiger partial charge in [0.1, 0.15) is 0 Å². The fourth-order valence-electron chi connectivity index (χ4n) is 10.8. The van der Waals surface area contributed by atoms with Gasteiger partial charge < -0.3 is 5.73 Å². The van der Waals surface area contributed by atoms with Crippen LogP contribution >= 0.6 is 67.0 Å². The number of alkyl halides is 9. The second kappa shape index (κ2) is 23.0. The van der Waals surface area contributed by atoms with Crippen molar-refractivity contribution in [1.82, 2.24) is 9.80 Å². The van der Waals surface area contributed by atoms with Crippen LogP contribution < -0.4 is 5.73 Å². The van der Waals surface area contributed by atoms with Gasteiger partial charge in [0.2, 0.25) is 9.23 Å². The van der Waals surface area contributed by atoms with Gasteiger partial charge in [-0.05, 0) is 183 Å². The molecular weight excluding hydrogens is 1120 g/mol. The number of nitrogens with zero attached hydrogens (tertiary/aromatic N) is 2. The van der Waals surface area contributed by atoms with Gasteiger partial charge in [0.15, 0.2) is 5.78 Å².